The van der Waals surface area contributed by atoms with Crippen molar-refractivity contribution in [3.05, 3.63) is 53.1 Å². The van der Waals surface area contributed by atoms with Crippen molar-refractivity contribution in [1.29, 1.82) is 0 Å². The minimum Gasteiger partial charge on any atom is -0.292 e. The van der Waals surface area contributed by atoms with Crippen molar-refractivity contribution in [2.45, 2.75) is 13.3 Å². The maximum atomic E-state index is 13.6. The van der Waals surface area contributed by atoms with E-state index in [1.54, 1.807) is 19.1 Å². The number of aryl methyl sites for hydroxylation is 1. The molecule has 0 saturated carbocycles. The predicted molar refractivity (Wildman–Crippen MR) is 70.5 cm³/mol. The lowest BCUT2D eigenvalue weighted by Gasteiger charge is -2.11. The molecule has 0 aliphatic carbocycles. The molecule has 2 aromatic rings. The molecule has 3 heteroatoms. The largest absolute Gasteiger partial charge is 0.292 e. The van der Waals surface area contributed by atoms with Gasteiger partial charge in [0.2, 0.25) is 0 Å². The van der Waals surface area contributed by atoms with Gasteiger partial charge in [-0.15, -0.1) is 0 Å². The number of aliphatic imine (C=N–C) groups is 1. The van der Waals surface area contributed by atoms with Gasteiger partial charge >= 0.3 is 0 Å². The highest BCUT2D eigenvalue weighted by atomic mass is 19.1. The molecule has 0 saturated heterocycles. The zero-order valence-corrected chi connectivity index (χ0v) is 10.2. The molecular formula is C15H13FN2. The molecule has 0 radical (unpaired) electrons. The Morgan fingerprint density at radius 2 is 2.06 bits per heavy atom. The molecule has 0 fully saturated rings. The summed E-state index contributed by atoms with van der Waals surface area (Å²) in [6.07, 6.45) is 4.54. The lowest BCUT2D eigenvalue weighted by atomic mass is 10.0. The van der Waals surface area contributed by atoms with Gasteiger partial charge in [-0.3, -0.25) is 9.98 Å². The molecular weight excluding hydrogens is 227 g/mol. The first-order chi connectivity index (χ1) is 8.74. The van der Waals surface area contributed by atoms with Crippen molar-refractivity contribution < 1.29 is 4.39 Å². The van der Waals surface area contributed by atoms with Gasteiger partial charge in [-0.05, 0) is 30.2 Å². The zero-order valence-electron chi connectivity index (χ0n) is 10.2. The van der Waals surface area contributed by atoms with E-state index in [1.165, 1.54) is 0 Å². The van der Waals surface area contributed by atoms with Crippen molar-refractivity contribution in [2.75, 3.05) is 6.54 Å². The van der Waals surface area contributed by atoms with Crippen LogP contribution in [0.4, 0.5) is 4.39 Å². The molecule has 0 amide bonds. The Hall–Kier alpha value is -2.03. The third-order valence-corrected chi connectivity index (χ3v) is 3.22. The predicted octanol–water partition coefficient (Wildman–Crippen LogP) is 3.17. The van der Waals surface area contributed by atoms with E-state index < -0.39 is 0 Å². The summed E-state index contributed by atoms with van der Waals surface area (Å²) < 4.78 is 13.6. The maximum Gasteiger partial charge on any atom is 0.126 e. The van der Waals surface area contributed by atoms with E-state index in [-0.39, 0.29) is 5.82 Å². The summed E-state index contributed by atoms with van der Waals surface area (Å²) in [7, 11) is 0. The second-order valence-electron chi connectivity index (χ2n) is 4.51. The Bertz CT molecular complexity index is 632. The number of rotatable bonds is 1. The number of benzene rings is 1. The Labute approximate surface area is 105 Å². The normalized spacial score (nSPS) is 13.4. The highest BCUT2D eigenvalue weighted by molar-refractivity contribution is 5.84. The van der Waals surface area contributed by atoms with Crippen LogP contribution in [0.2, 0.25) is 0 Å². The van der Waals surface area contributed by atoms with E-state index >= 15 is 0 Å². The fourth-order valence-corrected chi connectivity index (χ4v) is 2.09. The van der Waals surface area contributed by atoms with Crippen LogP contribution in [0.1, 0.15) is 16.8 Å². The van der Waals surface area contributed by atoms with Gasteiger partial charge in [0.05, 0.1) is 5.69 Å². The summed E-state index contributed by atoms with van der Waals surface area (Å²) in [5, 5.41) is 0. The Balaban J connectivity index is 2.07. The van der Waals surface area contributed by atoms with Crippen LogP contribution < -0.4 is 0 Å². The third-order valence-electron chi connectivity index (χ3n) is 3.22. The van der Waals surface area contributed by atoms with Crippen LogP contribution >= 0.6 is 0 Å². The highest BCUT2D eigenvalue weighted by Crippen LogP contribution is 2.23. The van der Waals surface area contributed by atoms with E-state index in [0.29, 0.717) is 5.56 Å². The van der Waals surface area contributed by atoms with E-state index in [0.717, 1.165) is 35.3 Å². The van der Waals surface area contributed by atoms with E-state index in [4.69, 9.17) is 0 Å². The van der Waals surface area contributed by atoms with Gasteiger partial charge in [0.15, 0.2) is 0 Å². The number of nitrogens with zero attached hydrogens (tertiary/aromatic N) is 2. The maximum absolute atomic E-state index is 13.6. The van der Waals surface area contributed by atoms with Gasteiger partial charge in [0.1, 0.15) is 5.82 Å². The molecule has 0 atom stereocenters. The minimum atomic E-state index is -0.182. The van der Waals surface area contributed by atoms with E-state index in [1.807, 2.05) is 24.5 Å². The summed E-state index contributed by atoms with van der Waals surface area (Å²) in [5.41, 5.74) is 4.56. The lowest BCUT2D eigenvalue weighted by Crippen LogP contribution is -2.05. The average molecular weight is 240 g/mol. The Kier molecular flexibility index (Phi) is 2.67. The van der Waals surface area contributed by atoms with Gasteiger partial charge in [-0.2, -0.15) is 0 Å². The quantitative estimate of drug-likeness (QED) is 0.751. The third kappa shape index (κ3) is 1.92. The molecule has 0 spiro atoms. The molecule has 0 unspecified atom stereocenters. The number of fused-ring (bicyclic) bond motifs is 1. The van der Waals surface area contributed by atoms with Crippen LogP contribution in [-0.2, 0) is 6.42 Å². The second-order valence-corrected chi connectivity index (χ2v) is 4.51. The molecule has 0 N–H and O–H groups in total. The first-order valence-corrected chi connectivity index (χ1v) is 5.99. The molecule has 2 nitrogen and oxygen atoms in total. The summed E-state index contributed by atoms with van der Waals surface area (Å²) in [5.74, 6) is -0.182. The van der Waals surface area contributed by atoms with Gasteiger partial charge in [0.25, 0.3) is 0 Å². The standard InChI is InChI=1S/C15H13FN2/c1-10-2-3-11(7-14(10)16)12-6-13-8-17-5-4-15(13)18-9-12/h2-3,6-9H,4-5H2,1H3. The van der Waals surface area contributed by atoms with Crippen molar-refractivity contribution >= 4 is 6.21 Å². The summed E-state index contributed by atoms with van der Waals surface area (Å²) in [6, 6.07) is 7.29. The van der Waals surface area contributed by atoms with Crippen LogP contribution in [0.5, 0.6) is 0 Å². The summed E-state index contributed by atoms with van der Waals surface area (Å²) in [6.45, 7) is 2.56. The highest BCUT2D eigenvalue weighted by Gasteiger charge is 2.09. The molecule has 0 bridgehead atoms. The Morgan fingerprint density at radius 3 is 2.89 bits per heavy atom. The molecule has 90 valence electrons. The summed E-state index contributed by atoms with van der Waals surface area (Å²) >= 11 is 0. The molecule has 1 aromatic carbocycles. The number of pyridine rings is 1. The van der Waals surface area contributed by atoms with Crippen molar-refractivity contribution in [3.63, 3.8) is 0 Å². The zero-order chi connectivity index (χ0) is 12.5. The Morgan fingerprint density at radius 1 is 1.17 bits per heavy atom. The number of hydrogen-bond acceptors (Lipinski definition) is 2. The number of halogens is 1. The van der Waals surface area contributed by atoms with Gasteiger partial charge in [-0.1, -0.05) is 12.1 Å². The fraction of sp³-hybridized carbons (Fsp3) is 0.200. The SMILES string of the molecule is Cc1ccc(-c2cnc3c(c2)C=NCC3)cc1F. The van der Waals surface area contributed by atoms with Crippen LogP contribution in [0.3, 0.4) is 0 Å². The average Bonchev–Trinajstić information content (AvgIpc) is 2.41. The smallest absolute Gasteiger partial charge is 0.126 e. The number of hydrogen-bond donors (Lipinski definition) is 0. The fourth-order valence-electron chi connectivity index (χ4n) is 2.09. The number of aromatic nitrogens is 1. The van der Waals surface area contributed by atoms with Crippen LogP contribution in [0, 0.1) is 12.7 Å². The first-order valence-electron chi connectivity index (χ1n) is 5.99. The van der Waals surface area contributed by atoms with Crippen molar-refractivity contribution in [1.82, 2.24) is 4.98 Å². The molecule has 3 rings (SSSR count). The van der Waals surface area contributed by atoms with Gasteiger partial charge in [-0.25, -0.2) is 4.39 Å². The minimum absolute atomic E-state index is 0.182. The first kappa shape index (κ1) is 11.1. The van der Waals surface area contributed by atoms with E-state index in [9.17, 15) is 4.39 Å². The van der Waals surface area contributed by atoms with Gasteiger partial charge in [0, 0.05) is 36.5 Å². The topological polar surface area (TPSA) is 25.2 Å². The second kappa shape index (κ2) is 4.33. The van der Waals surface area contributed by atoms with E-state index in [2.05, 4.69) is 9.98 Å². The van der Waals surface area contributed by atoms with Crippen molar-refractivity contribution in [2.24, 2.45) is 4.99 Å². The molecule has 18 heavy (non-hydrogen) atoms. The summed E-state index contributed by atoms with van der Waals surface area (Å²) in [4.78, 5) is 8.68. The lowest BCUT2D eigenvalue weighted by molar-refractivity contribution is 0.619. The monoisotopic (exact) mass is 240 g/mol. The van der Waals surface area contributed by atoms with Crippen LogP contribution in [-0.4, -0.2) is 17.7 Å². The molecule has 1 aliphatic rings. The van der Waals surface area contributed by atoms with Crippen LogP contribution in [0.15, 0.2) is 35.5 Å². The van der Waals surface area contributed by atoms with Crippen LogP contribution in [0.25, 0.3) is 11.1 Å². The van der Waals surface area contributed by atoms with Gasteiger partial charge < -0.3 is 0 Å². The molecule has 1 aliphatic heterocycles. The molecule has 2 heterocycles. The van der Waals surface area contributed by atoms with Crippen molar-refractivity contribution in [3.8, 4) is 11.1 Å². The molecule has 1 aromatic heterocycles.